The summed E-state index contributed by atoms with van der Waals surface area (Å²) in [6, 6.07) is 4.88. The second kappa shape index (κ2) is 6.06. The van der Waals surface area contributed by atoms with Gasteiger partial charge in [-0.25, -0.2) is 9.37 Å². The molecule has 2 N–H and O–H groups in total. The minimum absolute atomic E-state index is 0.0800. The molecule has 0 bridgehead atoms. The quantitative estimate of drug-likeness (QED) is 0.889. The number of nitrogen functional groups attached to an aromatic ring is 1. The van der Waals surface area contributed by atoms with E-state index in [1.807, 2.05) is 4.57 Å². The van der Waals surface area contributed by atoms with Crippen LogP contribution in [0.25, 0.3) is 11.3 Å². The SMILES string of the molecule is CC(C)Cn1c(C(C)C)nc(-c2cccc(Cl)c2F)c1N. The van der Waals surface area contributed by atoms with Crippen LogP contribution in [0.1, 0.15) is 39.4 Å². The number of nitrogens with two attached hydrogens (primary N) is 1. The summed E-state index contributed by atoms with van der Waals surface area (Å²) in [4.78, 5) is 4.57. The first-order chi connectivity index (χ1) is 9.82. The summed E-state index contributed by atoms with van der Waals surface area (Å²) in [6.07, 6.45) is 0. The van der Waals surface area contributed by atoms with Gasteiger partial charge in [-0.3, -0.25) is 0 Å². The molecule has 1 aromatic carbocycles. The summed E-state index contributed by atoms with van der Waals surface area (Å²) in [7, 11) is 0. The maximum atomic E-state index is 14.2. The van der Waals surface area contributed by atoms with Gasteiger partial charge >= 0.3 is 0 Å². The molecule has 0 atom stereocenters. The monoisotopic (exact) mass is 309 g/mol. The van der Waals surface area contributed by atoms with Crippen molar-refractivity contribution in [2.24, 2.45) is 5.92 Å². The van der Waals surface area contributed by atoms with Crippen LogP contribution in [-0.4, -0.2) is 9.55 Å². The minimum atomic E-state index is -0.477. The fourth-order valence-electron chi connectivity index (χ4n) is 2.37. The Hall–Kier alpha value is -1.55. The number of hydrogen-bond donors (Lipinski definition) is 1. The van der Waals surface area contributed by atoms with E-state index in [-0.39, 0.29) is 10.9 Å². The standard InChI is InChI=1S/C16H21ClFN3/c1-9(2)8-21-15(19)14(20-16(21)10(3)4)11-6-5-7-12(17)13(11)18/h5-7,9-10H,8,19H2,1-4H3. The molecule has 1 aromatic heterocycles. The first-order valence-corrected chi connectivity index (χ1v) is 7.51. The number of imidazole rings is 1. The molecule has 0 spiro atoms. The smallest absolute Gasteiger partial charge is 0.151 e. The maximum Gasteiger partial charge on any atom is 0.151 e. The summed E-state index contributed by atoms with van der Waals surface area (Å²) in [5.41, 5.74) is 7.05. The Labute approximate surface area is 129 Å². The number of anilines is 1. The molecule has 0 aliphatic heterocycles. The molecule has 5 heteroatoms. The van der Waals surface area contributed by atoms with Gasteiger partial charge in [0.1, 0.15) is 17.3 Å². The number of rotatable bonds is 4. The molecular formula is C16H21ClFN3. The number of aromatic nitrogens is 2. The van der Waals surface area contributed by atoms with E-state index in [2.05, 4.69) is 32.7 Å². The third kappa shape index (κ3) is 3.05. The second-order valence-corrected chi connectivity index (χ2v) is 6.37. The van der Waals surface area contributed by atoms with E-state index in [1.165, 1.54) is 6.07 Å². The van der Waals surface area contributed by atoms with Crippen LogP contribution in [0, 0.1) is 11.7 Å². The lowest BCUT2D eigenvalue weighted by atomic mass is 10.1. The molecule has 0 radical (unpaired) electrons. The molecule has 3 nitrogen and oxygen atoms in total. The molecule has 114 valence electrons. The average Bonchev–Trinajstić information content (AvgIpc) is 2.70. The van der Waals surface area contributed by atoms with Gasteiger partial charge in [-0.2, -0.15) is 0 Å². The maximum absolute atomic E-state index is 14.2. The number of halogens is 2. The van der Waals surface area contributed by atoms with E-state index in [0.29, 0.717) is 23.0 Å². The Balaban J connectivity index is 2.62. The molecule has 2 rings (SSSR count). The van der Waals surface area contributed by atoms with Crippen molar-refractivity contribution in [3.05, 3.63) is 34.9 Å². The lowest BCUT2D eigenvalue weighted by molar-refractivity contribution is 0.502. The molecule has 21 heavy (non-hydrogen) atoms. The molecular weight excluding hydrogens is 289 g/mol. The number of benzene rings is 1. The second-order valence-electron chi connectivity index (χ2n) is 5.96. The molecule has 0 aliphatic rings. The van der Waals surface area contributed by atoms with Gasteiger partial charge in [-0.1, -0.05) is 45.4 Å². The van der Waals surface area contributed by atoms with Crippen molar-refractivity contribution < 1.29 is 4.39 Å². The van der Waals surface area contributed by atoms with Crippen LogP contribution in [0.2, 0.25) is 5.02 Å². The van der Waals surface area contributed by atoms with E-state index in [4.69, 9.17) is 17.3 Å². The van der Waals surface area contributed by atoms with Gasteiger partial charge in [-0.15, -0.1) is 0 Å². The van der Waals surface area contributed by atoms with Gasteiger partial charge in [0.2, 0.25) is 0 Å². The molecule has 0 saturated heterocycles. The highest BCUT2D eigenvalue weighted by Gasteiger charge is 2.21. The van der Waals surface area contributed by atoms with E-state index >= 15 is 0 Å². The van der Waals surface area contributed by atoms with Crippen molar-refractivity contribution in [3.8, 4) is 11.3 Å². The van der Waals surface area contributed by atoms with Gasteiger partial charge < -0.3 is 10.3 Å². The Morgan fingerprint density at radius 2 is 1.95 bits per heavy atom. The average molecular weight is 310 g/mol. The lowest BCUT2D eigenvalue weighted by Crippen LogP contribution is -2.12. The van der Waals surface area contributed by atoms with Gasteiger partial charge in [0, 0.05) is 18.0 Å². The van der Waals surface area contributed by atoms with Gasteiger partial charge in [-0.05, 0) is 18.1 Å². The van der Waals surface area contributed by atoms with E-state index < -0.39 is 5.82 Å². The normalized spacial score (nSPS) is 11.6. The third-order valence-corrected chi connectivity index (χ3v) is 3.60. The van der Waals surface area contributed by atoms with Crippen molar-refractivity contribution in [3.63, 3.8) is 0 Å². The Morgan fingerprint density at radius 1 is 1.29 bits per heavy atom. The van der Waals surface area contributed by atoms with Crippen molar-refractivity contribution in [1.29, 1.82) is 0 Å². The lowest BCUT2D eigenvalue weighted by Gasteiger charge is -2.14. The van der Waals surface area contributed by atoms with Crippen LogP contribution >= 0.6 is 11.6 Å². The summed E-state index contributed by atoms with van der Waals surface area (Å²) < 4.78 is 16.2. The number of hydrogen-bond acceptors (Lipinski definition) is 2. The molecule has 2 aromatic rings. The van der Waals surface area contributed by atoms with Crippen LogP contribution in [0.15, 0.2) is 18.2 Å². The predicted molar refractivity (Wildman–Crippen MR) is 86.0 cm³/mol. The van der Waals surface area contributed by atoms with E-state index in [1.54, 1.807) is 12.1 Å². The largest absolute Gasteiger partial charge is 0.383 e. The third-order valence-electron chi connectivity index (χ3n) is 3.31. The van der Waals surface area contributed by atoms with Crippen molar-refractivity contribution in [2.45, 2.75) is 40.2 Å². The molecule has 0 unspecified atom stereocenters. The van der Waals surface area contributed by atoms with Crippen LogP contribution in [0.5, 0.6) is 0 Å². The topological polar surface area (TPSA) is 43.8 Å². The Kier molecular flexibility index (Phi) is 4.57. The van der Waals surface area contributed by atoms with E-state index in [9.17, 15) is 4.39 Å². The molecule has 1 heterocycles. The molecule has 0 fully saturated rings. The van der Waals surface area contributed by atoms with Crippen molar-refractivity contribution in [2.75, 3.05) is 5.73 Å². The van der Waals surface area contributed by atoms with Crippen molar-refractivity contribution >= 4 is 17.4 Å². The highest BCUT2D eigenvalue weighted by Crippen LogP contribution is 2.33. The molecule has 0 saturated carbocycles. The first kappa shape index (κ1) is 15.8. The summed E-state index contributed by atoms with van der Waals surface area (Å²) >= 11 is 5.86. The van der Waals surface area contributed by atoms with Gasteiger partial charge in [0.25, 0.3) is 0 Å². The highest BCUT2D eigenvalue weighted by atomic mass is 35.5. The summed E-state index contributed by atoms with van der Waals surface area (Å²) in [5.74, 6) is 1.53. The fourth-order valence-corrected chi connectivity index (χ4v) is 2.54. The van der Waals surface area contributed by atoms with Crippen LogP contribution in [-0.2, 0) is 6.54 Å². The molecule has 0 amide bonds. The highest BCUT2D eigenvalue weighted by molar-refractivity contribution is 6.31. The minimum Gasteiger partial charge on any atom is -0.383 e. The zero-order valence-electron chi connectivity index (χ0n) is 12.8. The zero-order valence-corrected chi connectivity index (χ0v) is 13.6. The van der Waals surface area contributed by atoms with Gasteiger partial charge in [0.15, 0.2) is 5.82 Å². The van der Waals surface area contributed by atoms with Crippen LogP contribution in [0.4, 0.5) is 10.2 Å². The summed E-state index contributed by atoms with van der Waals surface area (Å²) in [6.45, 7) is 9.09. The fraction of sp³-hybridized carbons (Fsp3) is 0.438. The Morgan fingerprint density at radius 3 is 2.52 bits per heavy atom. The zero-order chi connectivity index (χ0) is 15.7. The predicted octanol–water partition coefficient (Wildman–Crippen LogP) is 4.70. The van der Waals surface area contributed by atoms with E-state index in [0.717, 1.165) is 12.4 Å². The van der Waals surface area contributed by atoms with Crippen molar-refractivity contribution in [1.82, 2.24) is 9.55 Å². The first-order valence-electron chi connectivity index (χ1n) is 7.13. The number of nitrogens with zero attached hydrogens (tertiary/aromatic N) is 2. The van der Waals surface area contributed by atoms with Gasteiger partial charge in [0.05, 0.1) is 5.02 Å². The molecule has 0 aliphatic carbocycles. The van der Waals surface area contributed by atoms with Crippen LogP contribution in [0.3, 0.4) is 0 Å². The van der Waals surface area contributed by atoms with Crippen LogP contribution < -0.4 is 5.73 Å². The Bertz CT molecular complexity index is 647. The summed E-state index contributed by atoms with van der Waals surface area (Å²) in [5, 5.41) is 0.0800.